The first-order valence-electron chi connectivity index (χ1n) is 8.25. The third kappa shape index (κ3) is 3.66. The zero-order valence-corrected chi connectivity index (χ0v) is 16.2. The van der Waals surface area contributed by atoms with Gasteiger partial charge in [-0.05, 0) is 48.4 Å². The number of rotatable bonds is 5. The van der Waals surface area contributed by atoms with Gasteiger partial charge in [-0.1, -0.05) is 28.1 Å². The lowest BCUT2D eigenvalue weighted by Gasteiger charge is -2.20. The number of hydrogen-bond donors (Lipinski definition) is 0. The highest BCUT2D eigenvalue weighted by Gasteiger charge is 2.31. The molecule has 0 bridgehead atoms. The van der Waals surface area contributed by atoms with Crippen molar-refractivity contribution in [3.05, 3.63) is 63.8 Å². The number of methoxy groups -OCH3 is 1. The third-order valence-electron chi connectivity index (χ3n) is 4.43. The topological polar surface area (TPSA) is 49.9 Å². The fourth-order valence-electron chi connectivity index (χ4n) is 3.05. The number of hydrogen-bond acceptors (Lipinski definition) is 3. The van der Waals surface area contributed by atoms with E-state index in [0.717, 1.165) is 27.0 Å². The lowest BCUT2D eigenvalue weighted by atomic mass is 10.1. The molecule has 0 saturated carbocycles. The summed E-state index contributed by atoms with van der Waals surface area (Å²) in [5.41, 5.74) is 3.75. The maximum absolute atomic E-state index is 12.9. The van der Waals surface area contributed by atoms with Gasteiger partial charge in [0.25, 0.3) is 0 Å². The molecular weight excluding hydrogens is 396 g/mol. The van der Waals surface area contributed by atoms with Crippen molar-refractivity contribution >= 4 is 39.3 Å². The first kappa shape index (κ1) is 18.2. The van der Waals surface area contributed by atoms with Gasteiger partial charge >= 0.3 is 6.03 Å². The molecule has 0 spiro atoms. The standard InChI is InChI=1S/C20H19BrN2O3/c1-14-11-16(21)5-8-19(14)23-10-9-22(20(23)25)17-6-3-15(4-7-17)12-18(13-24)26-2/h3-8,11H,9-10,12H2,1-2H3. The van der Waals surface area contributed by atoms with E-state index in [9.17, 15) is 9.59 Å². The first-order valence-corrected chi connectivity index (χ1v) is 9.05. The maximum atomic E-state index is 12.9. The summed E-state index contributed by atoms with van der Waals surface area (Å²) in [7, 11) is 1.45. The van der Waals surface area contributed by atoms with Crippen molar-refractivity contribution in [2.75, 3.05) is 30.0 Å². The summed E-state index contributed by atoms with van der Waals surface area (Å²) in [5, 5.41) is 0. The molecule has 1 aliphatic rings. The molecule has 0 unspecified atom stereocenters. The van der Waals surface area contributed by atoms with E-state index in [-0.39, 0.29) is 11.8 Å². The van der Waals surface area contributed by atoms with E-state index < -0.39 is 0 Å². The molecule has 26 heavy (non-hydrogen) atoms. The molecule has 0 radical (unpaired) electrons. The molecule has 0 aliphatic carbocycles. The van der Waals surface area contributed by atoms with Crippen molar-refractivity contribution in [1.29, 1.82) is 0 Å². The highest BCUT2D eigenvalue weighted by molar-refractivity contribution is 9.10. The van der Waals surface area contributed by atoms with Crippen LogP contribution in [-0.4, -0.2) is 32.2 Å². The summed E-state index contributed by atoms with van der Waals surface area (Å²) in [6, 6.07) is 13.5. The Morgan fingerprint density at radius 3 is 2.46 bits per heavy atom. The normalized spacial score (nSPS) is 13.7. The number of urea groups is 1. The van der Waals surface area contributed by atoms with Crippen molar-refractivity contribution in [2.45, 2.75) is 13.3 Å². The lowest BCUT2D eigenvalue weighted by Crippen LogP contribution is -2.32. The summed E-state index contributed by atoms with van der Waals surface area (Å²) >= 11 is 3.45. The fourth-order valence-corrected chi connectivity index (χ4v) is 3.53. The second kappa shape index (κ2) is 7.77. The number of benzene rings is 2. The molecule has 134 valence electrons. The first-order chi connectivity index (χ1) is 12.5. The largest absolute Gasteiger partial charge is 0.489 e. The van der Waals surface area contributed by atoms with Gasteiger partial charge in [0.15, 0.2) is 11.7 Å². The summed E-state index contributed by atoms with van der Waals surface area (Å²) in [6.45, 7) is 3.27. The van der Waals surface area contributed by atoms with Crippen LogP contribution in [-0.2, 0) is 16.0 Å². The van der Waals surface area contributed by atoms with Gasteiger partial charge < -0.3 is 4.74 Å². The third-order valence-corrected chi connectivity index (χ3v) is 4.92. The van der Waals surface area contributed by atoms with Gasteiger partial charge in [-0.2, -0.15) is 0 Å². The summed E-state index contributed by atoms with van der Waals surface area (Å²) in [5.74, 6) is 2.04. The minimum Gasteiger partial charge on any atom is -0.489 e. The number of amides is 2. The van der Waals surface area contributed by atoms with Crippen LogP contribution < -0.4 is 9.80 Å². The Bertz CT molecular complexity index is 873. The molecule has 2 aromatic carbocycles. The molecule has 0 N–H and O–H groups in total. The Balaban J connectivity index is 1.77. The van der Waals surface area contributed by atoms with Gasteiger partial charge in [-0.3, -0.25) is 9.80 Å². The van der Waals surface area contributed by atoms with E-state index in [2.05, 4.69) is 15.9 Å². The Kier molecular flexibility index (Phi) is 5.45. The van der Waals surface area contributed by atoms with E-state index in [0.29, 0.717) is 19.5 Å². The monoisotopic (exact) mass is 414 g/mol. The quantitative estimate of drug-likeness (QED) is 0.546. The zero-order valence-electron chi connectivity index (χ0n) is 14.7. The molecule has 0 atom stereocenters. The van der Waals surface area contributed by atoms with Gasteiger partial charge in [0.2, 0.25) is 0 Å². The minimum absolute atomic E-state index is 0.0338. The minimum atomic E-state index is -0.0338. The number of carbonyl (C=O) groups is 1. The highest BCUT2D eigenvalue weighted by atomic mass is 79.9. The second-order valence-corrected chi connectivity index (χ2v) is 7.00. The van der Waals surface area contributed by atoms with Crippen LogP contribution in [0.2, 0.25) is 0 Å². The van der Waals surface area contributed by atoms with Crippen LogP contribution in [0.5, 0.6) is 0 Å². The number of anilines is 2. The van der Waals surface area contributed by atoms with E-state index in [1.54, 1.807) is 15.7 Å². The van der Waals surface area contributed by atoms with Crippen LogP contribution in [0.15, 0.2) is 52.7 Å². The van der Waals surface area contributed by atoms with Crippen LogP contribution in [0.25, 0.3) is 0 Å². The second-order valence-electron chi connectivity index (χ2n) is 6.09. The molecule has 1 saturated heterocycles. The predicted octanol–water partition coefficient (Wildman–Crippen LogP) is 4.11. The van der Waals surface area contributed by atoms with E-state index in [1.807, 2.05) is 49.4 Å². The van der Waals surface area contributed by atoms with Crippen LogP contribution in [0, 0.1) is 6.92 Å². The van der Waals surface area contributed by atoms with Crippen molar-refractivity contribution in [3.63, 3.8) is 0 Å². The van der Waals surface area contributed by atoms with Gasteiger partial charge in [0.05, 0.1) is 7.11 Å². The van der Waals surface area contributed by atoms with Crippen LogP contribution >= 0.6 is 15.9 Å². The highest BCUT2D eigenvalue weighted by Crippen LogP contribution is 2.29. The number of ether oxygens (including phenoxy) is 1. The molecule has 1 heterocycles. The Morgan fingerprint density at radius 2 is 1.85 bits per heavy atom. The molecule has 0 aromatic heterocycles. The lowest BCUT2D eigenvalue weighted by molar-refractivity contribution is 0.256. The SMILES string of the molecule is COC(=C=O)Cc1ccc(N2CCN(c3ccc(Br)cc3C)C2=O)cc1. The zero-order chi connectivity index (χ0) is 18.7. The average molecular weight is 415 g/mol. The van der Waals surface area contributed by atoms with Crippen LogP contribution in [0.4, 0.5) is 16.2 Å². The molecule has 1 fully saturated rings. The van der Waals surface area contributed by atoms with Gasteiger partial charge in [0.1, 0.15) is 0 Å². The molecule has 2 aromatic rings. The summed E-state index contributed by atoms with van der Waals surface area (Å²) in [4.78, 5) is 27.2. The molecular formula is C20H19BrN2O3. The number of halogens is 1. The van der Waals surface area contributed by atoms with Gasteiger partial charge in [-0.25, -0.2) is 9.59 Å². The van der Waals surface area contributed by atoms with Crippen molar-refractivity contribution in [2.24, 2.45) is 0 Å². The van der Waals surface area contributed by atoms with Crippen molar-refractivity contribution in [3.8, 4) is 0 Å². The van der Waals surface area contributed by atoms with Crippen LogP contribution in [0.3, 0.4) is 0 Å². The number of nitrogens with zero attached hydrogens (tertiary/aromatic N) is 2. The van der Waals surface area contributed by atoms with Crippen molar-refractivity contribution in [1.82, 2.24) is 0 Å². The molecule has 1 aliphatic heterocycles. The van der Waals surface area contributed by atoms with Gasteiger partial charge in [0, 0.05) is 35.4 Å². The predicted molar refractivity (Wildman–Crippen MR) is 105 cm³/mol. The van der Waals surface area contributed by atoms with Gasteiger partial charge in [-0.15, -0.1) is 0 Å². The fraction of sp³-hybridized carbons (Fsp3) is 0.250. The molecule has 2 amide bonds. The van der Waals surface area contributed by atoms with E-state index in [1.165, 1.54) is 7.11 Å². The Morgan fingerprint density at radius 1 is 1.15 bits per heavy atom. The van der Waals surface area contributed by atoms with Crippen LogP contribution in [0.1, 0.15) is 11.1 Å². The number of carbonyl (C=O) groups excluding carboxylic acids is 2. The number of aryl methyl sites for hydroxylation is 1. The molecule has 5 nitrogen and oxygen atoms in total. The Hall–Kier alpha value is -2.56. The summed E-state index contributed by atoms with van der Waals surface area (Å²) in [6.07, 6.45) is 0.387. The average Bonchev–Trinajstić information content (AvgIpc) is 3.01. The number of allylic oxidation sites excluding steroid dienone is 1. The molecule has 3 rings (SSSR count). The van der Waals surface area contributed by atoms with Crippen molar-refractivity contribution < 1.29 is 14.3 Å². The Labute approximate surface area is 161 Å². The van der Waals surface area contributed by atoms with E-state index >= 15 is 0 Å². The van der Waals surface area contributed by atoms with E-state index in [4.69, 9.17) is 4.74 Å². The maximum Gasteiger partial charge on any atom is 0.329 e. The summed E-state index contributed by atoms with van der Waals surface area (Å²) < 4.78 is 5.95. The molecule has 6 heteroatoms. The smallest absolute Gasteiger partial charge is 0.329 e.